The van der Waals surface area contributed by atoms with E-state index in [1.165, 1.54) is 20.1 Å². The molecule has 8 heteroatoms. The first-order valence-corrected chi connectivity index (χ1v) is 6.20. The second-order valence-electron chi connectivity index (χ2n) is 4.55. The Hall–Kier alpha value is -1.35. The molecule has 116 valence electrons. The highest BCUT2D eigenvalue weighted by atomic mass is 16.5. The number of ether oxygens (including phenoxy) is 1. The Morgan fingerprint density at radius 1 is 1.45 bits per heavy atom. The predicted molar refractivity (Wildman–Crippen MR) is 74.5 cm³/mol. The molecule has 0 radical (unpaired) electrons. The second-order valence-corrected chi connectivity index (χ2v) is 4.55. The summed E-state index contributed by atoms with van der Waals surface area (Å²) in [6.45, 7) is 3.66. The lowest BCUT2D eigenvalue weighted by Crippen LogP contribution is -2.56. The minimum Gasteiger partial charge on any atom is -0.464 e. The molecule has 5 N–H and O–H groups in total. The number of nitrogens with zero attached hydrogens (tertiary/aromatic N) is 2. The molecular weight excluding hydrogens is 266 g/mol. The molecule has 0 rings (SSSR count). The average molecular weight is 289 g/mol. The fourth-order valence-electron chi connectivity index (χ4n) is 1.15. The van der Waals surface area contributed by atoms with Gasteiger partial charge in [0, 0.05) is 12.1 Å². The molecule has 8 nitrogen and oxygen atoms in total. The molecule has 0 aromatic heterocycles. The van der Waals surface area contributed by atoms with Crippen molar-refractivity contribution in [2.24, 2.45) is 21.9 Å². The summed E-state index contributed by atoms with van der Waals surface area (Å²) in [4.78, 5) is 11.7. The predicted octanol–water partition coefficient (Wildman–Crippen LogP) is -1.32. The van der Waals surface area contributed by atoms with Crippen LogP contribution in [0, 0.1) is 5.92 Å². The van der Waals surface area contributed by atoms with Crippen LogP contribution in [0.2, 0.25) is 0 Å². The number of nitrogens with two attached hydrogens (primary N) is 1. The number of hydrogen-bond acceptors (Lipinski definition) is 8. The van der Waals surface area contributed by atoms with E-state index in [9.17, 15) is 9.90 Å². The maximum atomic E-state index is 11.7. The summed E-state index contributed by atoms with van der Waals surface area (Å²) in [5.41, 5.74) is 4.11. The zero-order chi connectivity index (χ0) is 15.8. The van der Waals surface area contributed by atoms with Crippen LogP contribution in [0.4, 0.5) is 0 Å². The first-order valence-electron chi connectivity index (χ1n) is 6.20. The number of esters is 1. The van der Waals surface area contributed by atoms with Crippen molar-refractivity contribution in [2.45, 2.75) is 32.4 Å². The van der Waals surface area contributed by atoms with Gasteiger partial charge in [0.05, 0.1) is 25.5 Å². The van der Waals surface area contributed by atoms with E-state index < -0.39 is 23.5 Å². The summed E-state index contributed by atoms with van der Waals surface area (Å²) < 4.78 is 4.85. The van der Waals surface area contributed by atoms with Crippen LogP contribution in [-0.4, -0.2) is 64.7 Å². The third-order valence-corrected chi connectivity index (χ3v) is 2.89. The number of hydrogen-bond donors (Lipinski definition) is 4. The van der Waals surface area contributed by atoms with Crippen molar-refractivity contribution >= 4 is 17.9 Å². The summed E-state index contributed by atoms with van der Waals surface area (Å²) in [5, 5.41) is 35.2. The van der Waals surface area contributed by atoms with E-state index in [-0.39, 0.29) is 25.5 Å². The number of carbonyl (C=O) groups is 1. The van der Waals surface area contributed by atoms with Gasteiger partial charge in [0.1, 0.15) is 11.6 Å². The molecule has 0 aromatic rings. The minimum atomic E-state index is -1.71. The Morgan fingerprint density at radius 3 is 2.45 bits per heavy atom. The third-order valence-electron chi connectivity index (χ3n) is 2.89. The number of rotatable bonds is 8. The molecule has 0 saturated carbocycles. The first-order chi connectivity index (χ1) is 9.31. The Labute approximate surface area is 118 Å². The van der Waals surface area contributed by atoms with Gasteiger partial charge in [0.25, 0.3) is 0 Å². The largest absolute Gasteiger partial charge is 0.464 e. The molecule has 2 unspecified atom stereocenters. The van der Waals surface area contributed by atoms with Crippen molar-refractivity contribution in [2.75, 3.05) is 19.8 Å². The SMILES string of the molecule is C/C=N/N=C(/C)C(C)(O)C(N)C(=O)OCC(CO)CO. The highest BCUT2D eigenvalue weighted by Crippen LogP contribution is 2.13. The van der Waals surface area contributed by atoms with Gasteiger partial charge in [-0.2, -0.15) is 10.2 Å². The van der Waals surface area contributed by atoms with Crippen molar-refractivity contribution in [3.05, 3.63) is 0 Å². The molecular formula is C12H23N3O5. The fraction of sp³-hybridized carbons (Fsp3) is 0.750. The monoisotopic (exact) mass is 289 g/mol. The van der Waals surface area contributed by atoms with Gasteiger partial charge in [0.15, 0.2) is 0 Å². The van der Waals surface area contributed by atoms with E-state index in [4.69, 9.17) is 20.7 Å². The Balaban J connectivity index is 4.70. The molecule has 2 atom stereocenters. The van der Waals surface area contributed by atoms with Gasteiger partial charge in [-0.25, -0.2) is 0 Å². The molecule has 20 heavy (non-hydrogen) atoms. The molecule has 0 aliphatic heterocycles. The maximum absolute atomic E-state index is 11.7. The highest BCUT2D eigenvalue weighted by molar-refractivity contribution is 5.96. The zero-order valence-corrected chi connectivity index (χ0v) is 12.0. The molecule has 0 aliphatic carbocycles. The molecule has 0 heterocycles. The van der Waals surface area contributed by atoms with E-state index >= 15 is 0 Å². The van der Waals surface area contributed by atoms with Crippen LogP contribution >= 0.6 is 0 Å². The molecule has 0 spiro atoms. The standard InChI is InChI=1S/C12H23N3O5/c1-4-14-15-8(2)12(3,19)10(13)11(18)20-7-9(5-16)6-17/h4,9-10,16-17,19H,5-7,13H2,1-3H3/b14-4+,15-8-. The smallest absolute Gasteiger partial charge is 0.326 e. The van der Waals surface area contributed by atoms with Crippen molar-refractivity contribution in [1.29, 1.82) is 0 Å². The molecule has 0 bridgehead atoms. The van der Waals surface area contributed by atoms with Crippen LogP contribution in [0.5, 0.6) is 0 Å². The van der Waals surface area contributed by atoms with Gasteiger partial charge >= 0.3 is 5.97 Å². The first kappa shape index (κ1) is 18.7. The fourth-order valence-corrected chi connectivity index (χ4v) is 1.15. The van der Waals surface area contributed by atoms with Gasteiger partial charge in [-0.05, 0) is 20.8 Å². The highest BCUT2D eigenvalue weighted by Gasteiger charge is 2.38. The summed E-state index contributed by atoms with van der Waals surface area (Å²) in [6.07, 6.45) is 1.43. The van der Waals surface area contributed by atoms with Crippen LogP contribution in [0.1, 0.15) is 20.8 Å². The quantitative estimate of drug-likeness (QED) is 0.248. The summed E-state index contributed by atoms with van der Waals surface area (Å²) in [7, 11) is 0. The number of aliphatic hydroxyl groups excluding tert-OH is 2. The lowest BCUT2D eigenvalue weighted by Gasteiger charge is -2.28. The average Bonchev–Trinajstić information content (AvgIpc) is 2.44. The summed E-state index contributed by atoms with van der Waals surface area (Å²) in [6, 6.07) is -1.35. The van der Waals surface area contributed by atoms with Crippen LogP contribution in [0.15, 0.2) is 10.2 Å². The van der Waals surface area contributed by atoms with E-state index in [1.807, 2.05) is 0 Å². The van der Waals surface area contributed by atoms with Crippen molar-refractivity contribution in [1.82, 2.24) is 0 Å². The van der Waals surface area contributed by atoms with Crippen LogP contribution in [-0.2, 0) is 9.53 Å². The van der Waals surface area contributed by atoms with Gasteiger partial charge in [-0.3, -0.25) is 4.79 Å². The Morgan fingerprint density at radius 2 is 2.00 bits per heavy atom. The molecule has 0 aromatic carbocycles. The normalized spacial score (nSPS) is 17.3. The van der Waals surface area contributed by atoms with Gasteiger partial charge in [0.2, 0.25) is 0 Å². The van der Waals surface area contributed by atoms with Crippen molar-refractivity contribution in [3.63, 3.8) is 0 Å². The summed E-state index contributed by atoms with van der Waals surface area (Å²) >= 11 is 0. The Kier molecular flexibility index (Phi) is 8.16. The molecule has 0 aliphatic rings. The lowest BCUT2D eigenvalue weighted by molar-refractivity contribution is -0.151. The minimum absolute atomic E-state index is 0.168. The van der Waals surface area contributed by atoms with Crippen LogP contribution in [0.3, 0.4) is 0 Å². The Bertz CT molecular complexity index is 364. The number of aliphatic hydroxyl groups is 3. The third kappa shape index (κ3) is 5.33. The van der Waals surface area contributed by atoms with Crippen molar-refractivity contribution < 1.29 is 24.9 Å². The number of carbonyl (C=O) groups excluding carboxylic acids is 1. The second kappa shape index (κ2) is 8.75. The maximum Gasteiger partial charge on any atom is 0.326 e. The van der Waals surface area contributed by atoms with Gasteiger partial charge in [-0.1, -0.05) is 0 Å². The van der Waals surface area contributed by atoms with Crippen molar-refractivity contribution in [3.8, 4) is 0 Å². The molecule has 0 saturated heterocycles. The van der Waals surface area contributed by atoms with Crippen LogP contribution < -0.4 is 5.73 Å². The van der Waals surface area contributed by atoms with E-state index in [0.717, 1.165) is 0 Å². The topological polar surface area (TPSA) is 138 Å². The molecule has 0 amide bonds. The lowest BCUT2D eigenvalue weighted by atomic mass is 9.92. The summed E-state index contributed by atoms with van der Waals surface area (Å²) in [5.74, 6) is -1.42. The van der Waals surface area contributed by atoms with E-state index in [2.05, 4.69) is 10.2 Å². The van der Waals surface area contributed by atoms with Gasteiger partial charge < -0.3 is 25.8 Å². The van der Waals surface area contributed by atoms with Crippen LogP contribution in [0.25, 0.3) is 0 Å². The van der Waals surface area contributed by atoms with E-state index in [1.54, 1.807) is 6.92 Å². The van der Waals surface area contributed by atoms with Gasteiger partial charge in [-0.15, -0.1) is 0 Å². The van der Waals surface area contributed by atoms with E-state index in [0.29, 0.717) is 0 Å². The molecule has 0 fully saturated rings. The zero-order valence-electron chi connectivity index (χ0n) is 12.0.